The minimum Gasteiger partial charge on any atom is -0.484 e. The van der Waals surface area contributed by atoms with Crippen LogP contribution in [0.5, 0.6) is 11.6 Å². The molecule has 0 aliphatic carbocycles. The van der Waals surface area contributed by atoms with Gasteiger partial charge in [0.25, 0.3) is 11.8 Å². The van der Waals surface area contributed by atoms with Crippen LogP contribution in [0.3, 0.4) is 0 Å². The summed E-state index contributed by atoms with van der Waals surface area (Å²) in [6, 6.07) is 9.03. The van der Waals surface area contributed by atoms with E-state index >= 15 is 0 Å². The number of carbonyl (C=O) groups excluding carboxylic acids is 2. The number of amides is 2. The van der Waals surface area contributed by atoms with Crippen LogP contribution in [0.25, 0.3) is 0 Å². The molecule has 2 amide bonds. The molecule has 1 aromatic heterocycles. The summed E-state index contributed by atoms with van der Waals surface area (Å²) < 4.78 is 24.4. The second kappa shape index (κ2) is 9.76. The number of pyridine rings is 1. The highest BCUT2D eigenvalue weighted by atomic mass is 19.1. The van der Waals surface area contributed by atoms with Crippen molar-refractivity contribution in [2.24, 2.45) is 0 Å². The summed E-state index contributed by atoms with van der Waals surface area (Å²) in [5, 5.41) is 0. The molecule has 2 aromatic rings. The van der Waals surface area contributed by atoms with Gasteiger partial charge in [-0.15, -0.1) is 0 Å². The number of likely N-dealkylation sites (tertiary alicyclic amines) is 2. The molecule has 0 bridgehead atoms. The molecular weight excluding hydrogens is 401 g/mol. The van der Waals surface area contributed by atoms with Crippen LogP contribution in [0.15, 0.2) is 42.6 Å². The van der Waals surface area contributed by atoms with E-state index < -0.39 is 0 Å². The van der Waals surface area contributed by atoms with Gasteiger partial charge in [-0.05, 0) is 55.7 Å². The number of benzene rings is 1. The molecule has 164 valence electrons. The summed E-state index contributed by atoms with van der Waals surface area (Å²) in [6.07, 6.45) is 5.20. The Bertz CT molecular complexity index is 915. The molecule has 4 rings (SSSR count). The van der Waals surface area contributed by atoms with E-state index in [4.69, 9.17) is 9.47 Å². The first-order valence-electron chi connectivity index (χ1n) is 10.7. The predicted molar refractivity (Wildman–Crippen MR) is 111 cm³/mol. The fourth-order valence-corrected chi connectivity index (χ4v) is 3.89. The lowest BCUT2D eigenvalue weighted by Gasteiger charge is -2.27. The fourth-order valence-electron chi connectivity index (χ4n) is 3.89. The molecule has 0 N–H and O–H groups in total. The Morgan fingerprint density at radius 2 is 1.81 bits per heavy atom. The SMILES string of the molecule is O=C(COc1ccc(F)cc1)N1CCC(Oc2ncccc2C(=O)N2CCCCC2)C1. The maximum Gasteiger partial charge on any atom is 0.260 e. The average molecular weight is 427 g/mol. The number of halogens is 1. The van der Waals surface area contributed by atoms with Gasteiger partial charge < -0.3 is 19.3 Å². The third-order valence-electron chi connectivity index (χ3n) is 5.60. The van der Waals surface area contributed by atoms with Crippen molar-refractivity contribution in [3.8, 4) is 11.6 Å². The molecule has 0 radical (unpaired) electrons. The van der Waals surface area contributed by atoms with Crippen LogP contribution >= 0.6 is 0 Å². The maximum atomic E-state index is 13.0. The van der Waals surface area contributed by atoms with Gasteiger partial charge in [0.15, 0.2) is 6.61 Å². The number of hydrogen-bond acceptors (Lipinski definition) is 5. The molecule has 2 aliphatic heterocycles. The first-order chi connectivity index (χ1) is 15.1. The maximum absolute atomic E-state index is 13.0. The molecular formula is C23H26FN3O4. The highest BCUT2D eigenvalue weighted by Gasteiger charge is 2.30. The first kappa shape index (κ1) is 21.1. The van der Waals surface area contributed by atoms with Crippen LogP contribution in [0.4, 0.5) is 4.39 Å². The lowest BCUT2D eigenvalue weighted by Crippen LogP contribution is -2.36. The van der Waals surface area contributed by atoms with Gasteiger partial charge in [-0.1, -0.05) is 0 Å². The normalized spacial score (nSPS) is 18.7. The average Bonchev–Trinajstić information content (AvgIpc) is 3.28. The van der Waals surface area contributed by atoms with Gasteiger partial charge in [-0.3, -0.25) is 9.59 Å². The van der Waals surface area contributed by atoms with Crippen LogP contribution in [-0.2, 0) is 4.79 Å². The predicted octanol–water partition coefficient (Wildman–Crippen LogP) is 2.91. The van der Waals surface area contributed by atoms with Crippen molar-refractivity contribution in [2.75, 3.05) is 32.8 Å². The van der Waals surface area contributed by atoms with E-state index in [-0.39, 0.29) is 30.3 Å². The molecule has 2 aliphatic rings. The van der Waals surface area contributed by atoms with Crippen LogP contribution in [0, 0.1) is 5.82 Å². The Morgan fingerprint density at radius 3 is 2.58 bits per heavy atom. The van der Waals surface area contributed by atoms with Crippen molar-refractivity contribution in [1.82, 2.24) is 14.8 Å². The lowest BCUT2D eigenvalue weighted by atomic mass is 10.1. The monoisotopic (exact) mass is 427 g/mol. The van der Waals surface area contributed by atoms with Crippen molar-refractivity contribution in [1.29, 1.82) is 0 Å². The zero-order chi connectivity index (χ0) is 21.6. The number of nitrogens with zero attached hydrogens (tertiary/aromatic N) is 3. The standard InChI is InChI=1S/C23H26FN3O4/c24-17-6-8-18(9-7-17)30-16-21(28)27-14-10-19(15-27)31-22-20(5-4-11-25-22)23(29)26-12-2-1-3-13-26/h4-9,11,19H,1-3,10,12-16H2. The zero-order valence-corrected chi connectivity index (χ0v) is 17.3. The number of piperidine rings is 1. The summed E-state index contributed by atoms with van der Waals surface area (Å²) in [4.78, 5) is 33.2. The van der Waals surface area contributed by atoms with Gasteiger partial charge in [0, 0.05) is 32.3 Å². The second-order valence-electron chi connectivity index (χ2n) is 7.82. The zero-order valence-electron chi connectivity index (χ0n) is 17.3. The summed E-state index contributed by atoms with van der Waals surface area (Å²) in [6.45, 7) is 2.33. The second-order valence-corrected chi connectivity index (χ2v) is 7.82. The van der Waals surface area contributed by atoms with E-state index in [1.54, 1.807) is 23.2 Å². The first-order valence-corrected chi connectivity index (χ1v) is 10.7. The number of ether oxygens (including phenoxy) is 2. The quantitative estimate of drug-likeness (QED) is 0.709. The van der Waals surface area contributed by atoms with Gasteiger partial charge in [-0.25, -0.2) is 9.37 Å². The molecule has 8 heteroatoms. The van der Waals surface area contributed by atoms with Gasteiger partial charge in [0.05, 0.1) is 6.54 Å². The number of carbonyl (C=O) groups is 2. The molecule has 2 fully saturated rings. The number of rotatable bonds is 6. The molecule has 1 aromatic carbocycles. The molecule has 3 heterocycles. The van der Waals surface area contributed by atoms with Crippen molar-refractivity contribution < 1.29 is 23.5 Å². The topological polar surface area (TPSA) is 72.0 Å². The van der Waals surface area contributed by atoms with Gasteiger partial charge in [-0.2, -0.15) is 0 Å². The summed E-state index contributed by atoms with van der Waals surface area (Å²) in [5.41, 5.74) is 0.466. The smallest absolute Gasteiger partial charge is 0.260 e. The minimum atomic E-state index is -0.356. The third-order valence-corrected chi connectivity index (χ3v) is 5.60. The highest BCUT2D eigenvalue weighted by Crippen LogP contribution is 2.23. The van der Waals surface area contributed by atoms with E-state index in [9.17, 15) is 14.0 Å². The Kier molecular flexibility index (Phi) is 6.64. The molecule has 31 heavy (non-hydrogen) atoms. The van der Waals surface area contributed by atoms with Gasteiger partial charge in [0.2, 0.25) is 5.88 Å². The van der Waals surface area contributed by atoms with Crippen LogP contribution in [-0.4, -0.2) is 65.5 Å². The van der Waals surface area contributed by atoms with Crippen LogP contribution in [0.1, 0.15) is 36.0 Å². The van der Waals surface area contributed by atoms with E-state index in [1.165, 1.54) is 24.3 Å². The van der Waals surface area contributed by atoms with Crippen molar-refractivity contribution in [2.45, 2.75) is 31.8 Å². The molecule has 0 spiro atoms. The van der Waals surface area contributed by atoms with E-state index in [1.807, 2.05) is 4.90 Å². The largest absolute Gasteiger partial charge is 0.484 e. The van der Waals surface area contributed by atoms with Crippen molar-refractivity contribution >= 4 is 11.8 Å². The van der Waals surface area contributed by atoms with Gasteiger partial charge in [0.1, 0.15) is 23.2 Å². The minimum absolute atomic E-state index is 0.0542. The van der Waals surface area contributed by atoms with Crippen molar-refractivity contribution in [3.63, 3.8) is 0 Å². The summed E-state index contributed by atoms with van der Waals surface area (Å²) in [7, 11) is 0. The van der Waals surface area contributed by atoms with Crippen LogP contribution in [0.2, 0.25) is 0 Å². The lowest BCUT2D eigenvalue weighted by molar-refractivity contribution is -0.132. The summed E-state index contributed by atoms with van der Waals surface area (Å²) in [5.74, 6) is 0.185. The Morgan fingerprint density at radius 1 is 1.03 bits per heavy atom. The Hall–Kier alpha value is -3.16. The Balaban J connectivity index is 1.32. The Labute approximate surface area is 180 Å². The molecule has 7 nitrogen and oxygen atoms in total. The number of aromatic nitrogens is 1. The summed E-state index contributed by atoms with van der Waals surface area (Å²) >= 11 is 0. The van der Waals surface area contributed by atoms with Crippen molar-refractivity contribution in [3.05, 3.63) is 54.0 Å². The van der Waals surface area contributed by atoms with E-state index in [0.29, 0.717) is 36.7 Å². The highest BCUT2D eigenvalue weighted by molar-refractivity contribution is 5.96. The molecule has 1 atom stereocenters. The fraction of sp³-hybridized carbons (Fsp3) is 0.435. The van der Waals surface area contributed by atoms with E-state index in [0.717, 1.165) is 32.4 Å². The van der Waals surface area contributed by atoms with Gasteiger partial charge >= 0.3 is 0 Å². The molecule has 2 saturated heterocycles. The van der Waals surface area contributed by atoms with E-state index in [2.05, 4.69) is 4.98 Å². The number of hydrogen-bond donors (Lipinski definition) is 0. The molecule has 0 saturated carbocycles. The third kappa shape index (κ3) is 5.31. The molecule has 1 unspecified atom stereocenters. The van der Waals surface area contributed by atoms with Crippen LogP contribution < -0.4 is 9.47 Å².